The van der Waals surface area contributed by atoms with E-state index in [9.17, 15) is 0 Å². The maximum atomic E-state index is 5.37. The van der Waals surface area contributed by atoms with Gasteiger partial charge in [0.05, 0.1) is 30.3 Å². The van der Waals surface area contributed by atoms with Crippen LogP contribution in [-0.4, -0.2) is 21.3 Å². The average Bonchev–Trinajstić information content (AvgIpc) is 2.55. The largest absolute Gasteiger partial charge is 0.497 e. The van der Waals surface area contributed by atoms with Crippen LogP contribution in [0.15, 0.2) is 39.3 Å². The predicted molar refractivity (Wildman–Crippen MR) is 96.9 cm³/mol. The summed E-state index contributed by atoms with van der Waals surface area (Å²) in [6.45, 7) is 0. The van der Waals surface area contributed by atoms with E-state index in [0.29, 0.717) is 0 Å². The van der Waals surface area contributed by atoms with Gasteiger partial charge in [0.15, 0.2) is 0 Å². The molecule has 0 unspecified atom stereocenters. The quantitative estimate of drug-likeness (QED) is 0.597. The third-order valence-electron chi connectivity index (χ3n) is 3.17. The molecule has 116 valence electrons. The molecule has 0 atom stereocenters. The van der Waals surface area contributed by atoms with Crippen LogP contribution in [0.2, 0.25) is 0 Å². The van der Waals surface area contributed by atoms with Gasteiger partial charge in [-0.05, 0) is 49.6 Å². The van der Waals surface area contributed by atoms with Gasteiger partial charge in [-0.25, -0.2) is 0 Å². The molecule has 2 rings (SSSR count). The Hall–Kier alpha value is -1.46. The van der Waals surface area contributed by atoms with Crippen molar-refractivity contribution >= 4 is 44.0 Å². The first-order valence-electron chi connectivity index (χ1n) is 6.52. The molecule has 2 aromatic rings. The van der Waals surface area contributed by atoms with Crippen LogP contribution < -0.4 is 14.2 Å². The van der Waals surface area contributed by atoms with Gasteiger partial charge in [-0.15, -0.1) is 0 Å². The minimum absolute atomic E-state index is 0.717. The highest BCUT2D eigenvalue weighted by Gasteiger charge is 2.14. The van der Waals surface area contributed by atoms with Crippen molar-refractivity contribution in [2.75, 3.05) is 21.3 Å². The summed E-state index contributed by atoms with van der Waals surface area (Å²) < 4.78 is 17.6. The Bertz CT molecular complexity index is 651. The van der Waals surface area contributed by atoms with E-state index in [4.69, 9.17) is 14.2 Å². The number of hydrogen-bond donors (Lipinski definition) is 0. The van der Waals surface area contributed by atoms with Gasteiger partial charge in [-0.3, -0.25) is 0 Å². The first-order chi connectivity index (χ1) is 10.6. The molecule has 0 saturated carbocycles. The molecule has 0 amide bonds. The minimum Gasteiger partial charge on any atom is -0.497 e. The summed E-state index contributed by atoms with van der Waals surface area (Å²) in [5.41, 5.74) is 2.02. The average molecular weight is 428 g/mol. The maximum absolute atomic E-state index is 5.37. The zero-order valence-corrected chi connectivity index (χ0v) is 15.7. The van der Waals surface area contributed by atoms with E-state index in [2.05, 4.69) is 31.9 Å². The van der Waals surface area contributed by atoms with Gasteiger partial charge in [0.2, 0.25) is 0 Å². The van der Waals surface area contributed by atoms with E-state index >= 15 is 0 Å². The number of hydrogen-bond acceptors (Lipinski definition) is 3. The summed E-state index contributed by atoms with van der Waals surface area (Å²) >= 11 is 7.14. The van der Waals surface area contributed by atoms with Gasteiger partial charge in [0, 0.05) is 11.6 Å². The highest BCUT2D eigenvalue weighted by molar-refractivity contribution is 9.11. The predicted octanol–water partition coefficient (Wildman–Crippen LogP) is 5.41. The molecule has 0 heterocycles. The SMILES string of the molecule is COc1ccc(C=Cc2c(Br)c(OC)cc(OC)c2Br)cc1. The van der Waals surface area contributed by atoms with Crippen molar-refractivity contribution in [2.45, 2.75) is 0 Å². The minimum atomic E-state index is 0.717. The van der Waals surface area contributed by atoms with Gasteiger partial charge in [-0.1, -0.05) is 24.3 Å². The van der Waals surface area contributed by atoms with Crippen LogP contribution in [0.25, 0.3) is 12.2 Å². The van der Waals surface area contributed by atoms with Gasteiger partial charge >= 0.3 is 0 Å². The van der Waals surface area contributed by atoms with E-state index in [0.717, 1.165) is 37.3 Å². The molecule has 2 aromatic carbocycles. The van der Waals surface area contributed by atoms with Crippen LogP contribution in [0.4, 0.5) is 0 Å². The third-order valence-corrected chi connectivity index (χ3v) is 4.80. The highest BCUT2D eigenvalue weighted by Crippen LogP contribution is 2.41. The lowest BCUT2D eigenvalue weighted by molar-refractivity contribution is 0.390. The Labute approximate surface area is 147 Å². The summed E-state index contributed by atoms with van der Waals surface area (Å²) in [5.74, 6) is 2.27. The van der Waals surface area contributed by atoms with Crippen molar-refractivity contribution in [1.29, 1.82) is 0 Å². The molecule has 0 aliphatic heterocycles. The van der Waals surface area contributed by atoms with Crippen molar-refractivity contribution in [1.82, 2.24) is 0 Å². The van der Waals surface area contributed by atoms with Crippen molar-refractivity contribution in [3.8, 4) is 17.2 Å². The summed E-state index contributed by atoms with van der Waals surface area (Å²) in [4.78, 5) is 0. The Balaban J connectivity index is 2.40. The normalized spacial score (nSPS) is 10.8. The maximum Gasteiger partial charge on any atom is 0.137 e. The molecule has 0 spiro atoms. The Morgan fingerprint density at radius 2 is 1.32 bits per heavy atom. The molecule has 0 aliphatic rings. The fourth-order valence-corrected chi connectivity index (χ4v) is 3.43. The highest BCUT2D eigenvalue weighted by atomic mass is 79.9. The van der Waals surface area contributed by atoms with Crippen LogP contribution in [-0.2, 0) is 0 Å². The lowest BCUT2D eigenvalue weighted by atomic mass is 10.1. The summed E-state index contributed by atoms with van der Waals surface area (Å²) in [6.07, 6.45) is 4.02. The van der Waals surface area contributed by atoms with Crippen LogP contribution in [0.1, 0.15) is 11.1 Å². The number of halogens is 2. The zero-order valence-electron chi connectivity index (χ0n) is 12.5. The van der Waals surface area contributed by atoms with E-state index in [1.165, 1.54) is 0 Å². The van der Waals surface area contributed by atoms with E-state index in [-0.39, 0.29) is 0 Å². The number of ether oxygens (including phenoxy) is 3. The topological polar surface area (TPSA) is 27.7 Å². The number of methoxy groups -OCH3 is 3. The first kappa shape index (κ1) is 16.9. The van der Waals surface area contributed by atoms with E-state index in [1.807, 2.05) is 42.5 Å². The molecular formula is C17H16Br2O3. The molecule has 22 heavy (non-hydrogen) atoms. The molecule has 0 N–H and O–H groups in total. The second kappa shape index (κ2) is 7.70. The Morgan fingerprint density at radius 1 is 0.773 bits per heavy atom. The fourth-order valence-electron chi connectivity index (χ4n) is 1.95. The van der Waals surface area contributed by atoms with E-state index < -0.39 is 0 Å². The van der Waals surface area contributed by atoms with Gasteiger partial charge in [0.25, 0.3) is 0 Å². The van der Waals surface area contributed by atoms with Crippen LogP contribution in [0.3, 0.4) is 0 Å². The first-order valence-corrected chi connectivity index (χ1v) is 8.11. The summed E-state index contributed by atoms with van der Waals surface area (Å²) in [6, 6.07) is 9.67. The van der Waals surface area contributed by atoms with Crippen molar-refractivity contribution < 1.29 is 14.2 Å². The Kier molecular flexibility index (Phi) is 5.91. The second-order valence-electron chi connectivity index (χ2n) is 4.43. The molecule has 5 heteroatoms. The van der Waals surface area contributed by atoms with Gasteiger partial charge in [0.1, 0.15) is 17.2 Å². The monoisotopic (exact) mass is 426 g/mol. The zero-order chi connectivity index (χ0) is 16.1. The van der Waals surface area contributed by atoms with Crippen molar-refractivity contribution in [3.05, 3.63) is 50.4 Å². The molecule has 3 nitrogen and oxygen atoms in total. The van der Waals surface area contributed by atoms with Crippen molar-refractivity contribution in [3.63, 3.8) is 0 Å². The molecule has 0 aromatic heterocycles. The van der Waals surface area contributed by atoms with Crippen LogP contribution >= 0.6 is 31.9 Å². The number of rotatable bonds is 5. The second-order valence-corrected chi connectivity index (χ2v) is 6.02. The summed E-state index contributed by atoms with van der Waals surface area (Å²) in [7, 11) is 4.91. The van der Waals surface area contributed by atoms with Crippen LogP contribution in [0.5, 0.6) is 17.2 Å². The molecule has 0 aliphatic carbocycles. The molecule has 0 fully saturated rings. The molecular weight excluding hydrogens is 412 g/mol. The lowest BCUT2D eigenvalue weighted by Gasteiger charge is -2.12. The lowest BCUT2D eigenvalue weighted by Crippen LogP contribution is -1.93. The Morgan fingerprint density at radius 3 is 1.77 bits per heavy atom. The molecule has 0 bridgehead atoms. The third kappa shape index (κ3) is 3.65. The number of benzene rings is 2. The van der Waals surface area contributed by atoms with E-state index in [1.54, 1.807) is 21.3 Å². The van der Waals surface area contributed by atoms with Gasteiger partial charge < -0.3 is 14.2 Å². The molecule has 0 saturated heterocycles. The van der Waals surface area contributed by atoms with Crippen molar-refractivity contribution in [2.24, 2.45) is 0 Å². The van der Waals surface area contributed by atoms with Crippen LogP contribution in [0, 0.1) is 0 Å². The molecule has 0 radical (unpaired) electrons. The smallest absolute Gasteiger partial charge is 0.137 e. The standard InChI is InChI=1S/C17H16Br2O3/c1-20-12-7-4-11(5-8-12)6-9-13-16(18)14(21-2)10-15(22-3)17(13)19/h4-10H,1-3H3. The summed E-state index contributed by atoms with van der Waals surface area (Å²) in [5, 5.41) is 0. The van der Waals surface area contributed by atoms with Gasteiger partial charge in [-0.2, -0.15) is 0 Å². The fraction of sp³-hybridized carbons (Fsp3) is 0.176.